The van der Waals surface area contributed by atoms with Crippen LogP contribution >= 0.6 is 0 Å². The van der Waals surface area contributed by atoms with Gasteiger partial charge < -0.3 is 10.4 Å². The highest BCUT2D eigenvalue weighted by atomic mass is 16.4. The fraction of sp³-hybridized carbons (Fsp3) is 0.286. The van der Waals surface area contributed by atoms with Crippen LogP contribution in [-0.2, 0) is 11.2 Å². The lowest BCUT2D eigenvalue weighted by molar-refractivity contribution is -0.138. The van der Waals surface area contributed by atoms with Crippen molar-refractivity contribution in [2.75, 3.05) is 11.4 Å². The average molecular weight is 258 g/mol. The van der Waals surface area contributed by atoms with E-state index in [0.29, 0.717) is 12.1 Å². The first kappa shape index (κ1) is 13.0. The molecule has 0 aromatic heterocycles. The van der Waals surface area contributed by atoms with Crippen molar-refractivity contribution in [3.05, 3.63) is 29.8 Å². The molecule has 1 aliphatic heterocycles. The molecule has 2 N–H and O–H groups in total. The number of carbonyl (C=O) groups excluding carboxylic acids is 1. The van der Waals surface area contributed by atoms with Crippen LogP contribution in [0, 0.1) is 11.8 Å². The number of para-hydroxylation sites is 1. The molecule has 1 aromatic rings. The second-order valence-electron chi connectivity index (χ2n) is 4.14. The molecule has 0 aliphatic carbocycles. The third-order valence-electron chi connectivity index (χ3n) is 2.98. The number of hydrogen-bond acceptors (Lipinski definition) is 2. The minimum Gasteiger partial charge on any atom is -0.480 e. The smallest absolute Gasteiger partial charge is 0.327 e. The molecule has 0 saturated carbocycles. The molecule has 2 amide bonds. The zero-order chi connectivity index (χ0) is 13.8. The number of carbonyl (C=O) groups is 2. The van der Waals surface area contributed by atoms with Gasteiger partial charge in [0.25, 0.3) is 0 Å². The third-order valence-corrected chi connectivity index (χ3v) is 2.98. The van der Waals surface area contributed by atoms with Gasteiger partial charge in [-0.3, -0.25) is 4.90 Å². The van der Waals surface area contributed by atoms with Crippen molar-refractivity contribution in [3.8, 4) is 11.8 Å². The number of nitrogens with zero attached hydrogens (tertiary/aromatic N) is 1. The number of urea groups is 1. The molecule has 5 heteroatoms. The Labute approximate surface area is 111 Å². The number of carboxylic acid groups (broad SMARTS) is 1. The van der Waals surface area contributed by atoms with Crippen LogP contribution in [-0.4, -0.2) is 29.7 Å². The predicted molar refractivity (Wildman–Crippen MR) is 70.9 cm³/mol. The van der Waals surface area contributed by atoms with Gasteiger partial charge in [0.05, 0.1) is 6.54 Å². The molecule has 0 spiro atoms. The summed E-state index contributed by atoms with van der Waals surface area (Å²) in [5.74, 6) is 4.38. The van der Waals surface area contributed by atoms with Crippen LogP contribution in [0.1, 0.15) is 12.5 Å². The van der Waals surface area contributed by atoms with Crippen molar-refractivity contribution in [1.82, 2.24) is 5.32 Å². The number of amides is 2. The Morgan fingerprint density at radius 3 is 2.89 bits per heavy atom. The van der Waals surface area contributed by atoms with E-state index in [1.807, 2.05) is 12.1 Å². The van der Waals surface area contributed by atoms with E-state index in [0.717, 1.165) is 5.56 Å². The molecule has 0 saturated heterocycles. The fourth-order valence-electron chi connectivity index (χ4n) is 2.13. The molecule has 19 heavy (non-hydrogen) atoms. The molecular weight excluding hydrogens is 244 g/mol. The molecule has 0 unspecified atom stereocenters. The molecule has 5 nitrogen and oxygen atoms in total. The summed E-state index contributed by atoms with van der Waals surface area (Å²) >= 11 is 0. The first-order chi connectivity index (χ1) is 9.15. The highest BCUT2D eigenvalue weighted by Gasteiger charge is 2.38. The van der Waals surface area contributed by atoms with Gasteiger partial charge in [0.1, 0.15) is 6.04 Å². The number of nitrogens with one attached hydrogen (secondary N) is 1. The summed E-state index contributed by atoms with van der Waals surface area (Å²) in [6.45, 7) is 1.89. The maximum atomic E-state index is 12.1. The van der Waals surface area contributed by atoms with Crippen molar-refractivity contribution >= 4 is 17.7 Å². The average Bonchev–Trinajstić information content (AvgIpc) is 2.78. The Bertz CT molecular complexity index is 572. The largest absolute Gasteiger partial charge is 0.480 e. The molecule has 0 fully saturated rings. The van der Waals surface area contributed by atoms with Crippen LogP contribution < -0.4 is 10.2 Å². The lowest BCUT2D eigenvalue weighted by Gasteiger charge is -2.22. The molecule has 1 aliphatic rings. The van der Waals surface area contributed by atoms with Gasteiger partial charge in [-0.2, -0.15) is 0 Å². The number of carboxylic acids is 1. The van der Waals surface area contributed by atoms with Crippen LogP contribution in [0.5, 0.6) is 0 Å². The lowest BCUT2D eigenvalue weighted by Crippen LogP contribution is -2.48. The molecule has 1 heterocycles. The van der Waals surface area contributed by atoms with Gasteiger partial charge in [-0.05, 0) is 18.6 Å². The second kappa shape index (κ2) is 5.44. The zero-order valence-electron chi connectivity index (χ0n) is 10.5. The lowest BCUT2D eigenvalue weighted by atomic mass is 10.1. The minimum atomic E-state index is -1.01. The first-order valence-corrected chi connectivity index (χ1v) is 5.92. The van der Waals surface area contributed by atoms with Crippen molar-refractivity contribution < 1.29 is 14.7 Å². The maximum absolute atomic E-state index is 12.1. The van der Waals surface area contributed by atoms with Crippen LogP contribution in [0.2, 0.25) is 0 Å². The molecular formula is C14H14N2O3. The normalized spacial score (nSPS) is 16.3. The topological polar surface area (TPSA) is 69.6 Å². The monoisotopic (exact) mass is 258 g/mol. The zero-order valence-corrected chi connectivity index (χ0v) is 10.5. The van der Waals surface area contributed by atoms with E-state index in [-0.39, 0.29) is 6.54 Å². The number of rotatable bonds is 2. The van der Waals surface area contributed by atoms with Gasteiger partial charge in [0.15, 0.2) is 0 Å². The Kier molecular flexibility index (Phi) is 3.71. The number of hydrogen-bond donors (Lipinski definition) is 2. The van der Waals surface area contributed by atoms with E-state index in [1.54, 1.807) is 19.1 Å². The highest BCUT2D eigenvalue weighted by molar-refractivity contribution is 6.01. The van der Waals surface area contributed by atoms with Gasteiger partial charge in [0.2, 0.25) is 0 Å². The van der Waals surface area contributed by atoms with E-state index in [1.165, 1.54) is 4.90 Å². The number of benzene rings is 1. The summed E-state index contributed by atoms with van der Waals surface area (Å²) in [7, 11) is 0. The van der Waals surface area contributed by atoms with Crippen molar-refractivity contribution in [3.63, 3.8) is 0 Å². The summed E-state index contributed by atoms with van der Waals surface area (Å²) in [5, 5.41) is 11.8. The summed E-state index contributed by atoms with van der Waals surface area (Å²) in [6.07, 6.45) is 0.332. The predicted octanol–water partition coefficient (Wildman–Crippen LogP) is 1.24. The maximum Gasteiger partial charge on any atom is 0.327 e. The van der Waals surface area contributed by atoms with Crippen molar-refractivity contribution in [2.24, 2.45) is 0 Å². The first-order valence-electron chi connectivity index (χ1n) is 5.92. The van der Waals surface area contributed by atoms with Gasteiger partial charge in [-0.25, -0.2) is 9.59 Å². The van der Waals surface area contributed by atoms with E-state index in [9.17, 15) is 14.7 Å². The Morgan fingerprint density at radius 1 is 1.47 bits per heavy atom. The fourth-order valence-corrected chi connectivity index (χ4v) is 2.13. The van der Waals surface area contributed by atoms with E-state index >= 15 is 0 Å². The van der Waals surface area contributed by atoms with Crippen LogP contribution in [0.15, 0.2) is 24.3 Å². The molecule has 98 valence electrons. The van der Waals surface area contributed by atoms with Crippen LogP contribution in [0.25, 0.3) is 0 Å². The minimum absolute atomic E-state index is 0.209. The summed E-state index contributed by atoms with van der Waals surface area (Å²) in [4.78, 5) is 24.6. The standard InChI is InChI=1S/C14H14N2O3/c1-2-3-8-15-14(19)16-11-7-5-4-6-10(11)9-12(16)13(17)18/h4-7,12H,8-9H2,1H3,(H,15,19)(H,17,18)/t12-/m0/s1. The molecule has 0 radical (unpaired) electrons. The highest BCUT2D eigenvalue weighted by Crippen LogP contribution is 2.31. The molecule has 1 atom stereocenters. The molecule has 1 aromatic carbocycles. The van der Waals surface area contributed by atoms with Gasteiger partial charge in [-0.15, -0.1) is 5.92 Å². The number of anilines is 1. The van der Waals surface area contributed by atoms with E-state index in [4.69, 9.17) is 0 Å². The van der Waals surface area contributed by atoms with Crippen LogP contribution in [0.3, 0.4) is 0 Å². The van der Waals surface area contributed by atoms with Gasteiger partial charge in [0, 0.05) is 12.1 Å². The Hall–Kier alpha value is -2.48. The van der Waals surface area contributed by atoms with Crippen molar-refractivity contribution in [1.29, 1.82) is 0 Å². The molecule has 2 rings (SSSR count). The summed E-state index contributed by atoms with van der Waals surface area (Å²) in [5.41, 5.74) is 1.52. The molecule has 0 bridgehead atoms. The van der Waals surface area contributed by atoms with Crippen LogP contribution in [0.4, 0.5) is 10.5 Å². The summed E-state index contributed by atoms with van der Waals surface area (Å²) < 4.78 is 0. The Balaban J connectivity index is 2.25. The summed E-state index contributed by atoms with van der Waals surface area (Å²) in [6, 6.07) is 5.93. The van der Waals surface area contributed by atoms with E-state index in [2.05, 4.69) is 17.2 Å². The number of fused-ring (bicyclic) bond motifs is 1. The quantitative estimate of drug-likeness (QED) is 0.784. The van der Waals surface area contributed by atoms with E-state index < -0.39 is 18.0 Å². The van der Waals surface area contributed by atoms with Gasteiger partial charge in [-0.1, -0.05) is 24.1 Å². The Morgan fingerprint density at radius 2 is 2.21 bits per heavy atom. The van der Waals surface area contributed by atoms with Gasteiger partial charge >= 0.3 is 12.0 Å². The van der Waals surface area contributed by atoms with Crippen molar-refractivity contribution in [2.45, 2.75) is 19.4 Å². The number of aliphatic carboxylic acids is 1. The third kappa shape index (κ3) is 2.52. The second-order valence-corrected chi connectivity index (χ2v) is 4.14. The SMILES string of the molecule is CC#CCNC(=O)N1c2ccccc2C[C@H]1C(=O)O.